The van der Waals surface area contributed by atoms with E-state index in [4.69, 9.17) is 4.52 Å². The Balaban J connectivity index is 1.89. The zero-order valence-corrected chi connectivity index (χ0v) is 12.8. The molecular formula is C18H17FN2O. The molecule has 0 aliphatic heterocycles. The van der Waals surface area contributed by atoms with Crippen molar-refractivity contribution in [3.8, 4) is 22.8 Å². The molecular weight excluding hydrogens is 279 g/mol. The van der Waals surface area contributed by atoms with E-state index < -0.39 is 0 Å². The second-order valence-electron chi connectivity index (χ2n) is 6.26. The van der Waals surface area contributed by atoms with Crippen molar-refractivity contribution >= 4 is 0 Å². The van der Waals surface area contributed by atoms with Gasteiger partial charge in [0, 0.05) is 11.1 Å². The van der Waals surface area contributed by atoms with Crippen LogP contribution in [-0.4, -0.2) is 10.1 Å². The van der Waals surface area contributed by atoms with Crippen LogP contribution in [0.5, 0.6) is 0 Å². The molecule has 3 aromatic rings. The first-order chi connectivity index (χ1) is 10.4. The third-order valence-corrected chi connectivity index (χ3v) is 3.53. The predicted molar refractivity (Wildman–Crippen MR) is 83.8 cm³/mol. The first kappa shape index (κ1) is 14.4. The lowest BCUT2D eigenvalue weighted by Crippen LogP contribution is -2.10. The number of aromatic nitrogens is 2. The molecule has 22 heavy (non-hydrogen) atoms. The summed E-state index contributed by atoms with van der Waals surface area (Å²) < 4.78 is 18.2. The van der Waals surface area contributed by atoms with Gasteiger partial charge >= 0.3 is 0 Å². The minimum atomic E-state index is -0.291. The predicted octanol–water partition coefficient (Wildman–Crippen LogP) is 4.84. The molecule has 4 heteroatoms. The number of nitrogens with zero attached hydrogens (tertiary/aromatic N) is 2. The summed E-state index contributed by atoms with van der Waals surface area (Å²) in [6.45, 7) is 6.51. The van der Waals surface area contributed by atoms with E-state index in [1.54, 1.807) is 12.1 Å². The standard InChI is InChI=1S/C18H17FN2O/c1-18(2,3)14-8-4-12(5-9-14)16-20-17(22-21-16)13-6-10-15(19)11-7-13/h4-11H,1-3H3. The summed E-state index contributed by atoms with van der Waals surface area (Å²) in [5.41, 5.74) is 2.95. The molecule has 2 aromatic carbocycles. The zero-order chi connectivity index (χ0) is 15.7. The molecule has 3 rings (SSSR count). The van der Waals surface area contributed by atoms with Crippen molar-refractivity contribution in [3.63, 3.8) is 0 Å². The first-order valence-corrected chi connectivity index (χ1v) is 7.14. The van der Waals surface area contributed by atoms with Crippen LogP contribution in [0.4, 0.5) is 4.39 Å². The molecule has 1 aromatic heterocycles. The second kappa shape index (κ2) is 5.37. The van der Waals surface area contributed by atoms with Gasteiger partial charge < -0.3 is 4.52 Å². The van der Waals surface area contributed by atoms with Crippen molar-refractivity contribution in [2.24, 2.45) is 0 Å². The summed E-state index contributed by atoms with van der Waals surface area (Å²) in [7, 11) is 0. The fraction of sp³-hybridized carbons (Fsp3) is 0.222. The fourth-order valence-corrected chi connectivity index (χ4v) is 2.17. The number of halogens is 1. The molecule has 0 radical (unpaired) electrons. The van der Waals surface area contributed by atoms with Crippen molar-refractivity contribution < 1.29 is 8.91 Å². The highest BCUT2D eigenvalue weighted by molar-refractivity contribution is 5.60. The normalized spacial score (nSPS) is 11.6. The Bertz CT molecular complexity index is 768. The molecule has 0 unspecified atom stereocenters. The minimum Gasteiger partial charge on any atom is -0.334 e. The van der Waals surface area contributed by atoms with Crippen molar-refractivity contribution in [2.75, 3.05) is 0 Å². The van der Waals surface area contributed by atoms with Crippen LogP contribution >= 0.6 is 0 Å². The molecule has 0 saturated carbocycles. The van der Waals surface area contributed by atoms with Gasteiger partial charge in [-0.2, -0.15) is 4.98 Å². The van der Waals surface area contributed by atoms with Crippen LogP contribution in [0.1, 0.15) is 26.3 Å². The largest absolute Gasteiger partial charge is 0.334 e. The maximum Gasteiger partial charge on any atom is 0.258 e. The minimum absolute atomic E-state index is 0.106. The van der Waals surface area contributed by atoms with Crippen LogP contribution in [0, 0.1) is 5.82 Å². The highest BCUT2D eigenvalue weighted by Crippen LogP contribution is 2.26. The summed E-state index contributed by atoms with van der Waals surface area (Å²) >= 11 is 0. The highest BCUT2D eigenvalue weighted by Gasteiger charge is 2.15. The monoisotopic (exact) mass is 296 g/mol. The third kappa shape index (κ3) is 2.91. The van der Waals surface area contributed by atoms with Gasteiger partial charge in [-0.1, -0.05) is 50.2 Å². The first-order valence-electron chi connectivity index (χ1n) is 7.14. The Labute approximate surface area is 128 Å². The van der Waals surface area contributed by atoms with Crippen molar-refractivity contribution in [1.82, 2.24) is 10.1 Å². The van der Waals surface area contributed by atoms with E-state index in [0.717, 1.165) is 5.56 Å². The fourth-order valence-electron chi connectivity index (χ4n) is 2.17. The van der Waals surface area contributed by atoms with Crippen LogP contribution in [0.3, 0.4) is 0 Å². The van der Waals surface area contributed by atoms with Crippen molar-refractivity contribution in [2.45, 2.75) is 26.2 Å². The molecule has 0 atom stereocenters. The maximum atomic E-state index is 12.9. The van der Waals surface area contributed by atoms with E-state index in [9.17, 15) is 4.39 Å². The van der Waals surface area contributed by atoms with Gasteiger partial charge in [0.1, 0.15) is 5.82 Å². The lowest BCUT2D eigenvalue weighted by Gasteiger charge is -2.18. The van der Waals surface area contributed by atoms with Crippen LogP contribution < -0.4 is 0 Å². The quantitative estimate of drug-likeness (QED) is 0.679. The van der Waals surface area contributed by atoms with Gasteiger partial charge in [-0.15, -0.1) is 0 Å². The molecule has 3 nitrogen and oxygen atoms in total. The Hall–Kier alpha value is -2.49. The molecule has 0 spiro atoms. The lowest BCUT2D eigenvalue weighted by atomic mass is 9.87. The van der Waals surface area contributed by atoms with Gasteiger partial charge in [0.2, 0.25) is 5.82 Å². The Morgan fingerprint density at radius 2 is 1.45 bits per heavy atom. The molecule has 0 fully saturated rings. The van der Waals surface area contributed by atoms with Gasteiger partial charge in [-0.3, -0.25) is 0 Å². The Kier molecular flexibility index (Phi) is 3.53. The zero-order valence-electron chi connectivity index (χ0n) is 12.8. The van der Waals surface area contributed by atoms with Gasteiger partial charge in [-0.05, 0) is 35.2 Å². The lowest BCUT2D eigenvalue weighted by molar-refractivity contribution is 0.432. The van der Waals surface area contributed by atoms with Crippen LogP contribution in [0.15, 0.2) is 53.1 Å². The van der Waals surface area contributed by atoms with Crippen LogP contribution in [0.2, 0.25) is 0 Å². The van der Waals surface area contributed by atoms with E-state index >= 15 is 0 Å². The SMILES string of the molecule is CC(C)(C)c1ccc(-c2noc(-c3ccc(F)cc3)n2)cc1. The summed E-state index contributed by atoms with van der Waals surface area (Å²) in [6, 6.07) is 14.1. The second-order valence-corrected chi connectivity index (χ2v) is 6.26. The molecule has 112 valence electrons. The van der Waals surface area contributed by atoms with E-state index in [1.165, 1.54) is 17.7 Å². The van der Waals surface area contributed by atoms with E-state index in [1.807, 2.05) is 12.1 Å². The number of hydrogen-bond donors (Lipinski definition) is 0. The Morgan fingerprint density at radius 3 is 2.05 bits per heavy atom. The van der Waals surface area contributed by atoms with Crippen molar-refractivity contribution in [1.29, 1.82) is 0 Å². The van der Waals surface area contributed by atoms with Gasteiger partial charge in [0.05, 0.1) is 0 Å². The van der Waals surface area contributed by atoms with Crippen LogP contribution in [0.25, 0.3) is 22.8 Å². The average Bonchev–Trinajstić information content (AvgIpc) is 2.97. The topological polar surface area (TPSA) is 38.9 Å². The third-order valence-electron chi connectivity index (χ3n) is 3.53. The average molecular weight is 296 g/mol. The Morgan fingerprint density at radius 1 is 0.864 bits per heavy atom. The summed E-state index contributed by atoms with van der Waals surface area (Å²) in [5, 5.41) is 4.00. The molecule has 0 N–H and O–H groups in total. The van der Waals surface area contributed by atoms with Crippen molar-refractivity contribution in [3.05, 3.63) is 59.9 Å². The highest BCUT2D eigenvalue weighted by atomic mass is 19.1. The smallest absolute Gasteiger partial charge is 0.258 e. The summed E-state index contributed by atoms with van der Waals surface area (Å²) in [5.74, 6) is 0.621. The number of benzene rings is 2. The molecule has 0 bridgehead atoms. The molecule has 0 saturated heterocycles. The molecule has 0 aliphatic rings. The summed E-state index contributed by atoms with van der Waals surface area (Å²) in [6.07, 6.45) is 0. The van der Waals surface area contributed by atoms with Crippen LogP contribution in [-0.2, 0) is 5.41 Å². The number of rotatable bonds is 2. The van der Waals surface area contributed by atoms with Gasteiger partial charge in [0.25, 0.3) is 5.89 Å². The van der Waals surface area contributed by atoms with Gasteiger partial charge in [0.15, 0.2) is 0 Å². The summed E-state index contributed by atoms with van der Waals surface area (Å²) in [4.78, 5) is 4.37. The van der Waals surface area contributed by atoms with E-state index in [0.29, 0.717) is 17.3 Å². The van der Waals surface area contributed by atoms with E-state index in [-0.39, 0.29) is 11.2 Å². The van der Waals surface area contributed by atoms with Gasteiger partial charge in [-0.25, -0.2) is 4.39 Å². The molecule has 0 amide bonds. The number of hydrogen-bond acceptors (Lipinski definition) is 3. The maximum absolute atomic E-state index is 12.9. The molecule has 0 aliphatic carbocycles. The molecule has 1 heterocycles. The van der Waals surface area contributed by atoms with E-state index in [2.05, 4.69) is 43.0 Å².